The van der Waals surface area contributed by atoms with Crippen molar-refractivity contribution in [2.24, 2.45) is 0 Å². The number of para-hydroxylation sites is 1. The van der Waals surface area contributed by atoms with Gasteiger partial charge in [-0.3, -0.25) is 0 Å². The van der Waals surface area contributed by atoms with Crippen LogP contribution in [0.1, 0.15) is 11.4 Å². The van der Waals surface area contributed by atoms with Crippen LogP contribution in [0.3, 0.4) is 0 Å². The highest BCUT2D eigenvalue weighted by Gasteiger charge is 2.16. The van der Waals surface area contributed by atoms with Crippen LogP contribution in [0, 0.1) is 0 Å². The van der Waals surface area contributed by atoms with E-state index in [1.807, 2.05) is 54.7 Å². The first-order valence-corrected chi connectivity index (χ1v) is 12.0. The minimum Gasteiger partial charge on any atom is -0.361 e. The first-order chi connectivity index (χ1) is 15.5. The zero-order valence-electron chi connectivity index (χ0n) is 17.4. The second-order valence-electron chi connectivity index (χ2n) is 7.62. The van der Waals surface area contributed by atoms with Crippen LogP contribution in [0.4, 0.5) is 0 Å². The number of aromatic nitrogens is 4. The summed E-state index contributed by atoms with van der Waals surface area (Å²) in [7, 11) is -3.27. The van der Waals surface area contributed by atoms with Gasteiger partial charge in [-0.15, -0.1) is 10.2 Å². The van der Waals surface area contributed by atoms with Crippen LogP contribution in [-0.4, -0.2) is 34.8 Å². The largest absolute Gasteiger partial charge is 0.361 e. The van der Waals surface area contributed by atoms with Gasteiger partial charge in [0.2, 0.25) is 0 Å². The lowest BCUT2D eigenvalue weighted by atomic mass is 10.0. The van der Waals surface area contributed by atoms with E-state index in [0.717, 1.165) is 27.6 Å². The topological polar surface area (TPSA) is 88.6 Å². The van der Waals surface area contributed by atoms with Crippen LogP contribution in [0.2, 0.25) is 0 Å². The number of H-pyrrole nitrogens is 1. The summed E-state index contributed by atoms with van der Waals surface area (Å²) in [6.45, 7) is 0. The van der Waals surface area contributed by atoms with Gasteiger partial charge in [0.15, 0.2) is 15.7 Å². The lowest BCUT2D eigenvalue weighted by Gasteiger charge is -2.10. The minimum absolute atomic E-state index is 0.263. The third-order valence-electron chi connectivity index (χ3n) is 5.36. The van der Waals surface area contributed by atoms with E-state index in [2.05, 4.69) is 21.2 Å². The molecule has 0 fully saturated rings. The highest BCUT2D eigenvalue weighted by atomic mass is 32.2. The Kier molecular flexibility index (Phi) is 5.03. The predicted octanol–water partition coefficient (Wildman–Crippen LogP) is 4.68. The molecule has 32 heavy (non-hydrogen) atoms. The van der Waals surface area contributed by atoms with Crippen molar-refractivity contribution in [1.82, 2.24) is 20.2 Å². The number of hydrogen-bond donors (Lipinski definition) is 1. The zero-order chi connectivity index (χ0) is 22.1. The molecule has 0 aliphatic carbocycles. The summed E-state index contributed by atoms with van der Waals surface area (Å²) >= 11 is 0. The van der Waals surface area contributed by atoms with Crippen LogP contribution in [-0.2, 0) is 16.3 Å². The molecule has 6 nitrogen and oxygen atoms in total. The molecule has 0 bridgehead atoms. The van der Waals surface area contributed by atoms with Crippen molar-refractivity contribution in [3.05, 3.63) is 96.4 Å². The molecular formula is C25H20N4O2S. The van der Waals surface area contributed by atoms with Crippen molar-refractivity contribution in [3.8, 4) is 22.5 Å². The number of nitrogens with zero attached hydrogens (tertiary/aromatic N) is 3. The van der Waals surface area contributed by atoms with Crippen molar-refractivity contribution in [1.29, 1.82) is 0 Å². The normalized spacial score (nSPS) is 11.7. The SMILES string of the molecule is CS(=O)(=O)c1ccc(-c2nnc(Cc3c[nH]c4ccccc34)nc2-c2ccccc2)cc1. The lowest BCUT2D eigenvalue weighted by Crippen LogP contribution is -2.04. The Morgan fingerprint density at radius 1 is 0.781 bits per heavy atom. The van der Waals surface area contributed by atoms with E-state index in [9.17, 15) is 8.42 Å². The first-order valence-electron chi connectivity index (χ1n) is 10.1. The number of aromatic amines is 1. The third-order valence-corrected chi connectivity index (χ3v) is 6.49. The molecule has 0 aliphatic rings. The molecule has 158 valence electrons. The van der Waals surface area contributed by atoms with Gasteiger partial charge in [-0.1, -0.05) is 60.7 Å². The average molecular weight is 441 g/mol. The molecule has 0 radical (unpaired) electrons. The van der Waals surface area contributed by atoms with Crippen LogP contribution in [0.25, 0.3) is 33.4 Å². The number of nitrogens with one attached hydrogen (secondary N) is 1. The number of rotatable bonds is 5. The minimum atomic E-state index is -3.27. The monoisotopic (exact) mass is 440 g/mol. The first kappa shape index (κ1) is 20.1. The Morgan fingerprint density at radius 3 is 2.22 bits per heavy atom. The van der Waals surface area contributed by atoms with E-state index in [-0.39, 0.29) is 4.90 Å². The number of fused-ring (bicyclic) bond motifs is 1. The number of sulfone groups is 1. The van der Waals surface area contributed by atoms with Gasteiger partial charge in [0.25, 0.3) is 0 Å². The molecule has 0 amide bonds. The summed E-state index contributed by atoms with van der Waals surface area (Å²) in [5, 5.41) is 10.0. The maximum Gasteiger partial charge on any atom is 0.175 e. The van der Waals surface area contributed by atoms with Gasteiger partial charge in [-0.2, -0.15) is 0 Å². The molecule has 0 spiro atoms. The summed E-state index contributed by atoms with van der Waals surface area (Å²) in [6.07, 6.45) is 3.72. The molecule has 2 heterocycles. The molecule has 3 aromatic carbocycles. The Hall–Kier alpha value is -3.84. The van der Waals surface area contributed by atoms with Crippen molar-refractivity contribution in [2.75, 3.05) is 6.26 Å². The summed E-state index contributed by atoms with van der Waals surface area (Å²) in [6, 6.07) is 24.6. The maximum atomic E-state index is 11.8. The summed E-state index contributed by atoms with van der Waals surface area (Å²) in [5.74, 6) is 0.616. The Bertz CT molecular complexity index is 1510. The van der Waals surface area contributed by atoms with Gasteiger partial charge in [0.05, 0.1) is 4.90 Å². The molecule has 0 aliphatic heterocycles. The predicted molar refractivity (Wildman–Crippen MR) is 125 cm³/mol. The van der Waals surface area contributed by atoms with Crippen molar-refractivity contribution in [2.45, 2.75) is 11.3 Å². The fourth-order valence-corrected chi connectivity index (χ4v) is 4.36. The van der Waals surface area contributed by atoms with E-state index in [4.69, 9.17) is 4.98 Å². The Labute approximate surface area is 185 Å². The second kappa shape index (κ2) is 8.01. The van der Waals surface area contributed by atoms with E-state index in [1.54, 1.807) is 24.3 Å². The molecule has 5 aromatic rings. The summed E-state index contributed by atoms with van der Waals surface area (Å²) in [4.78, 5) is 8.41. The molecule has 0 atom stereocenters. The quantitative estimate of drug-likeness (QED) is 0.429. The van der Waals surface area contributed by atoms with E-state index in [1.165, 1.54) is 6.26 Å². The third kappa shape index (κ3) is 3.90. The van der Waals surface area contributed by atoms with Crippen LogP contribution in [0.15, 0.2) is 90.0 Å². The smallest absolute Gasteiger partial charge is 0.175 e. The molecule has 7 heteroatoms. The highest BCUT2D eigenvalue weighted by molar-refractivity contribution is 7.90. The molecule has 0 unspecified atom stereocenters. The van der Waals surface area contributed by atoms with Crippen LogP contribution >= 0.6 is 0 Å². The van der Waals surface area contributed by atoms with Crippen molar-refractivity contribution < 1.29 is 8.42 Å². The van der Waals surface area contributed by atoms with Gasteiger partial charge in [0, 0.05) is 40.9 Å². The number of benzene rings is 3. The maximum absolute atomic E-state index is 11.8. The summed E-state index contributed by atoms with van der Waals surface area (Å²) in [5.41, 5.74) is 5.18. The zero-order valence-corrected chi connectivity index (χ0v) is 18.2. The highest BCUT2D eigenvalue weighted by Crippen LogP contribution is 2.29. The molecule has 2 aromatic heterocycles. The fourth-order valence-electron chi connectivity index (χ4n) is 3.73. The summed E-state index contributed by atoms with van der Waals surface area (Å²) < 4.78 is 23.6. The van der Waals surface area contributed by atoms with Gasteiger partial charge < -0.3 is 4.98 Å². The molecule has 0 saturated heterocycles. The second-order valence-corrected chi connectivity index (χ2v) is 9.64. The van der Waals surface area contributed by atoms with E-state index < -0.39 is 9.84 Å². The van der Waals surface area contributed by atoms with Crippen LogP contribution < -0.4 is 0 Å². The van der Waals surface area contributed by atoms with Gasteiger partial charge in [-0.25, -0.2) is 13.4 Å². The average Bonchev–Trinajstić information content (AvgIpc) is 3.22. The van der Waals surface area contributed by atoms with E-state index in [0.29, 0.717) is 23.6 Å². The molecule has 5 rings (SSSR count). The van der Waals surface area contributed by atoms with Gasteiger partial charge in [-0.05, 0) is 23.8 Å². The molecule has 0 saturated carbocycles. The Balaban J connectivity index is 1.59. The van der Waals surface area contributed by atoms with E-state index >= 15 is 0 Å². The fraction of sp³-hybridized carbons (Fsp3) is 0.0800. The number of hydrogen-bond acceptors (Lipinski definition) is 5. The standard InChI is InChI=1S/C25H20N4O2S/c1-32(30,31)20-13-11-18(12-14-20)25-24(17-7-3-2-4-8-17)27-23(28-29-25)15-19-16-26-22-10-6-5-9-21(19)22/h2-14,16,26H,15H2,1H3. The van der Waals surface area contributed by atoms with Crippen molar-refractivity contribution >= 4 is 20.7 Å². The molecule has 1 N–H and O–H groups in total. The molecular weight excluding hydrogens is 420 g/mol. The van der Waals surface area contributed by atoms with Gasteiger partial charge >= 0.3 is 0 Å². The lowest BCUT2D eigenvalue weighted by molar-refractivity contribution is 0.602. The van der Waals surface area contributed by atoms with Gasteiger partial charge in [0.1, 0.15) is 11.4 Å². The van der Waals surface area contributed by atoms with Crippen LogP contribution in [0.5, 0.6) is 0 Å². The van der Waals surface area contributed by atoms with Crippen molar-refractivity contribution in [3.63, 3.8) is 0 Å². The Morgan fingerprint density at radius 2 is 1.47 bits per heavy atom.